The van der Waals surface area contributed by atoms with Crippen LogP contribution in [0.5, 0.6) is 0 Å². The molecule has 2 heteroatoms. The summed E-state index contributed by atoms with van der Waals surface area (Å²) >= 11 is 0. The molecule has 0 amide bonds. The first-order valence-corrected chi connectivity index (χ1v) is 4.43. The molecule has 2 nitrogen and oxygen atoms in total. The van der Waals surface area contributed by atoms with Crippen molar-refractivity contribution in [3.8, 4) is 0 Å². The monoisotopic (exact) mass is 162 g/mol. The molecule has 0 aliphatic heterocycles. The molecule has 3 N–H and O–H groups in total. The van der Waals surface area contributed by atoms with Crippen LogP contribution in [0.25, 0.3) is 0 Å². The Morgan fingerprint density at radius 3 is 2.75 bits per heavy atom. The number of hydrazine groups is 1. The lowest BCUT2D eigenvalue weighted by Crippen LogP contribution is -2.21. The molecule has 1 aromatic rings. The van der Waals surface area contributed by atoms with Gasteiger partial charge in [-0.25, -0.2) is 0 Å². The smallest absolute Gasteiger partial charge is 0.0351 e. The molecule has 0 heterocycles. The molecule has 64 valence electrons. The molecule has 1 fully saturated rings. The van der Waals surface area contributed by atoms with Crippen LogP contribution in [-0.2, 0) is 6.54 Å². The summed E-state index contributed by atoms with van der Waals surface area (Å²) in [6, 6.07) is 8.53. The van der Waals surface area contributed by atoms with Gasteiger partial charge in [-0.2, -0.15) is 0 Å². The van der Waals surface area contributed by atoms with Gasteiger partial charge >= 0.3 is 0 Å². The Balaban J connectivity index is 2.24. The Morgan fingerprint density at radius 1 is 1.33 bits per heavy atom. The summed E-state index contributed by atoms with van der Waals surface area (Å²) in [5.74, 6) is 6.11. The lowest BCUT2D eigenvalue weighted by Gasteiger charge is -2.06. The average molecular weight is 162 g/mol. The molecule has 0 unspecified atom stereocenters. The Morgan fingerprint density at radius 2 is 2.08 bits per heavy atom. The van der Waals surface area contributed by atoms with E-state index in [1.807, 2.05) is 0 Å². The highest BCUT2D eigenvalue weighted by molar-refractivity contribution is 5.32. The van der Waals surface area contributed by atoms with Crippen molar-refractivity contribution in [1.29, 1.82) is 0 Å². The Bertz CT molecular complexity index is 266. The zero-order valence-corrected chi connectivity index (χ0v) is 7.09. The fraction of sp³-hybridized carbons (Fsp3) is 0.400. The zero-order valence-electron chi connectivity index (χ0n) is 7.09. The number of hydrogen-bond acceptors (Lipinski definition) is 2. The van der Waals surface area contributed by atoms with Crippen LogP contribution in [0.2, 0.25) is 0 Å². The number of nitrogens with one attached hydrogen (secondary N) is 1. The standard InChI is InChI=1S/C10H14N2/c11-12-7-9-3-1-2-4-10(9)8-5-6-8/h1-4,8,12H,5-7,11H2. The third-order valence-corrected chi connectivity index (χ3v) is 2.36. The van der Waals surface area contributed by atoms with Crippen LogP contribution in [-0.4, -0.2) is 0 Å². The highest BCUT2D eigenvalue weighted by Gasteiger charge is 2.25. The number of hydrogen-bond donors (Lipinski definition) is 2. The molecule has 0 aromatic heterocycles. The lowest BCUT2D eigenvalue weighted by molar-refractivity contribution is 0.733. The van der Waals surface area contributed by atoms with E-state index in [2.05, 4.69) is 29.7 Å². The van der Waals surface area contributed by atoms with Gasteiger partial charge in [-0.15, -0.1) is 0 Å². The molecular formula is C10H14N2. The predicted octanol–water partition coefficient (Wildman–Crippen LogP) is 1.53. The van der Waals surface area contributed by atoms with Gasteiger partial charge in [0.2, 0.25) is 0 Å². The minimum Gasteiger partial charge on any atom is -0.271 e. The average Bonchev–Trinajstić information content (AvgIpc) is 2.89. The van der Waals surface area contributed by atoms with E-state index in [0.29, 0.717) is 0 Å². The van der Waals surface area contributed by atoms with Crippen LogP contribution < -0.4 is 11.3 Å². The summed E-state index contributed by atoms with van der Waals surface area (Å²) in [4.78, 5) is 0. The van der Waals surface area contributed by atoms with Crippen molar-refractivity contribution in [2.45, 2.75) is 25.3 Å². The first-order chi connectivity index (χ1) is 5.92. The molecule has 1 aliphatic rings. The minimum absolute atomic E-state index is 0.784. The first-order valence-electron chi connectivity index (χ1n) is 4.43. The normalized spacial score (nSPS) is 16.4. The summed E-state index contributed by atoms with van der Waals surface area (Å²) in [6.45, 7) is 0.784. The molecule has 1 aromatic carbocycles. The molecule has 2 rings (SSSR count). The van der Waals surface area contributed by atoms with E-state index < -0.39 is 0 Å². The van der Waals surface area contributed by atoms with Gasteiger partial charge in [0, 0.05) is 6.54 Å². The molecule has 1 saturated carbocycles. The third-order valence-electron chi connectivity index (χ3n) is 2.36. The highest BCUT2D eigenvalue weighted by Crippen LogP contribution is 2.41. The van der Waals surface area contributed by atoms with Crippen molar-refractivity contribution in [1.82, 2.24) is 5.43 Å². The summed E-state index contributed by atoms with van der Waals surface area (Å²) in [6.07, 6.45) is 2.70. The maximum absolute atomic E-state index is 5.30. The van der Waals surface area contributed by atoms with E-state index in [1.165, 1.54) is 24.0 Å². The van der Waals surface area contributed by atoms with Gasteiger partial charge in [0.05, 0.1) is 0 Å². The van der Waals surface area contributed by atoms with Crippen molar-refractivity contribution < 1.29 is 0 Å². The van der Waals surface area contributed by atoms with Gasteiger partial charge in [0.1, 0.15) is 0 Å². The molecule has 0 saturated heterocycles. The molecule has 0 radical (unpaired) electrons. The number of benzene rings is 1. The first kappa shape index (κ1) is 7.77. The quantitative estimate of drug-likeness (QED) is 0.522. The lowest BCUT2D eigenvalue weighted by atomic mass is 10.0. The Labute approximate surface area is 72.7 Å². The molecular weight excluding hydrogens is 148 g/mol. The van der Waals surface area contributed by atoms with Crippen molar-refractivity contribution in [3.63, 3.8) is 0 Å². The topological polar surface area (TPSA) is 38.0 Å². The molecule has 0 spiro atoms. The van der Waals surface area contributed by atoms with Crippen LogP contribution in [0, 0.1) is 0 Å². The van der Waals surface area contributed by atoms with Crippen molar-refractivity contribution in [2.24, 2.45) is 5.84 Å². The van der Waals surface area contributed by atoms with E-state index in [0.717, 1.165) is 12.5 Å². The zero-order chi connectivity index (χ0) is 8.39. The van der Waals surface area contributed by atoms with Crippen molar-refractivity contribution in [2.75, 3.05) is 0 Å². The van der Waals surface area contributed by atoms with Crippen LogP contribution in [0.1, 0.15) is 29.9 Å². The van der Waals surface area contributed by atoms with Crippen LogP contribution >= 0.6 is 0 Å². The van der Waals surface area contributed by atoms with E-state index >= 15 is 0 Å². The second-order valence-electron chi connectivity index (χ2n) is 3.35. The van der Waals surface area contributed by atoms with Crippen molar-refractivity contribution >= 4 is 0 Å². The van der Waals surface area contributed by atoms with Gasteiger partial charge in [0.15, 0.2) is 0 Å². The van der Waals surface area contributed by atoms with E-state index in [1.54, 1.807) is 0 Å². The minimum atomic E-state index is 0.784. The van der Waals surface area contributed by atoms with Crippen LogP contribution in [0.15, 0.2) is 24.3 Å². The van der Waals surface area contributed by atoms with Crippen molar-refractivity contribution in [3.05, 3.63) is 35.4 Å². The third kappa shape index (κ3) is 1.49. The SMILES string of the molecule is NNCc1ccccc1C1CC1. The number of rotatable bonds is 3. The molecule has 0 atom stereocenters. The summed E-state index contributed by atoms with van der Waals surface area (Å²) in [7, 11) is 0. The largest absolute Gasteiger partial charge is 0.271 e. The van der Waals surface area contributed by atoms with E-state index in [4.69, 9.17) is 5.84 Å². The van der Waals surface area contributed by atoms with Gasteiger partial charge < -0.3 is 0 Å². The van der Waals surface area contributed by atoms with Crippen LogP contribution in [0.4, 0.5) is 0 Å². The summed E-state index contributed by atoms with van der Waals surface area (Å²) in [5, 5.41) is 0. The molecule has 0 bridgehead atoms. The van der Waals surface area contributed by atoms with Gasteiger partial charge in [-0.1, -0.05) is 24.3 Å². The second kappa shape index (κ2) is 3.25. The fourth-order valence-corrected chi connectivity index (χ4v) is 1.60. The maximum Gasteiger partial charge on any atom is 0.0351 e. The summed E-state index contributed by atoms with van der Waals surface area (Å²) < 4.78 is 0. The van der Waals surface area contributed by atoms with Crippen LogP contribution in [0.3, 0.4) is 0 Å². The second-order valence-corrected chi connectivity index (χ2v) is 3.35. The molecule has 1 aliphatic carbocycles. The Hall–Kier alpha value is -0.860. The Kier molecular flexibility index (Phi) is 2.11. The number of nitrogens with two attached hydrogens (primary N) is 1. The van der Waals surface area contributed by atoms with Gasteiger partial charge in [0.25, 0.3) is 0 Å². The highest BCUT2D eigenvalue weighted by atomic mass is 15.2. The maximum atomic E-state index is 5.30. The summed E-state index contributed by atoms with van der Waals surface area (Å²) in [5.41, 5.74) is 5.54. The van der Waals surface area contributed by atoms with E-state index in [-0.39, 0.29) is 0 Å². The molecule has 12 heavy (non-hydrogen) atoms. The fourth-order valence-electron chi connectivity index (χ4n) is 1.60. The predicted molar refractivity (Wildman–Crippen MR) is 49.4 cm³/mol. The van der Waals surface area contributed by atoms with E-state index in [9.17, 15) is 0 Å². The van der Waals surface area contributed by atoms with Gasteiger partial charge in [-0.05, 0) is 29.9 Å². The van der Waals surface area contributed by atoms with Gasteiger partial charge in [-0.3, -0.25) is 11.3 Å².